The maximum Gasteiger partial charge on any atom is 0.331 e. The second-order valence-corrected chi connectivity index (χ2v) is 25.0. The van der Waals surface area contributed by atoms with Crippen molar-refractivity contribution in [2.75, 3.05) is 66.1 Å². The molecule has 0 radical (unpaired) electrons. The van der Waals surface area contributed by atoms with Crippen LogP contribution in [-0.4, -0.2) is 102 Å². The smallest absolute Gasteiger partial charge is 0.331 e. The topological polar surface area (TPSA) is 195 Å². The first-order chi connectivity index (χ1) is 47.8. The summed E-state index contributed by atoms with van der Waals surface area (Å²) in [5.41, 5.74) is 12.5. The predicted molar refractivity (Wildman–Crippen MR) is 385 cm³/mol. The van der Waals surface area contributed by atoms with Gasteiger partial charge in [-0.3, -0.25) is 0 Å². The molecule has 0 heterocycles. The molecule has 16 nitrogen and oxygen atoms in total. The number of carbonyl (C=O) groups excluding carboxylic acids is 6. The van der Waals surface area contributed by atoms with Crippen LogP contribution in [0.5, 0.6) is 23.0 Å². The Labute approximate surface area is 584 Å². The number of fused-ring (bicyclic) bond motifs is 8. The van der Waals surface area contributed by atoms with Crippen molar-refractivity contribution in [3.8, 4) is 23.0 Å². The highest BCUT2D eigenvalue weighted by atomic mass is 16.6. The number of hydrogen-bond acceptors (Lipinski definition) is 16. The molecule has 0 saturated carbocycles. The number of carbonyl (C=O) groups is 6. The van der Waals surface area contributed by atoms with E-state index in [4.69, 9.17) is 47.4 Å². The highest BCUT2D eigenvalue weighted by Crippen LogP contribution is 2.42. The van der Waals surface area contributed by atoms with E-state index >= 15 is 0 Å². The summed E-state index contributed by atoms with van der Waals surface area (Å²) >= 11 is 0. The quantitative estimate of drug-likeness (QED) is 0.0154. The van der Waals surface area contributed by atoms with Gasteiger partial charge in [0.05, 0.1) is 66.1 Å². The van der Waals surface area contributed by atoms with Gasteiger partial charge >= 0.3 is 35.8 Å². The van der Waals surface area contributed by atoms with Crippen LogP contribution in [0.25, 0.3) is 0 Å². The van der Waals surface area contributed by atoms with Crippen LogP contribution in [0.1, 0.15) is 237 Å². The van der Waals surface area contributed by atoms with Crippen LogP contribution in [0.4, 0.5) is 0 Å². The number of hydrogen-bond donors (Lipinski definition) is 0. The first-order valence-electron chi connectivity index (χ1n) is 36.5. The van der Waals surface area contributed by atoms with Crippen molar-refractivity contribution in [3.05, 3.63) is 165 Å². The summed E-state index contributed by atoms with van der Waals surface area (Å²) in [4.78, 5) is 74.5. The van der Waals surface area contributed by atoms with Crippen molar-refractivity contribution in [2.45, 2.75) is 221 Å². The fourth-order valence-electron chi connectivity index (χ4n) is 12.0. The van der Waals surface area contributed by atoms with Gasteiger partial charge in [0.25, 0.3) is 0 Å². The number of ether oxygens (including phenoxy) is 10. The van der Waals surface area contributed by atoms with Crippen molar-refractivity contribution >= 4 is 35.8 Å². The lowest BCUT2D eigenvalue weighted by atomic mass is 9.87. The highest BCUT2D eigenvalue weighted by Gasteiger charge is 2.26. The van der Waals surface area contributed by atoms with Gasteiger partial charge in [0.2, 0.25) is 0 Å². The monoisotopic (exact) mass is 1350 g/mol. The van der Waals surface area contributed by atoms with Gasteiger partial charge < -0.3 is 47.4 Å². The summed E-state index contributed by atoms with van der Waals surface area (Å²) in [6.45, 7) is 21.1. The molecule has 1 aliphatic carbocycles. The minimum Gasteiger partial charge on any atom is -0.493 e. The zero-order valence-corrected chi connectivity index (χ0v) is 59.9. The Bertz CT molecular complexity index is 2900. The molecule has 4 aromatic rings. The normalized spacial score (nSPS) is 11.8. The molecule has 0 N–H and O–H groups in total. The third-order valence-electron chi connectivity index (χ3n) is 16.7. The Morgan fingerprint density at radius 1 is 0.286 bits per heavy atom. The molecule has 0 fully saturated rings. The van der Waals surface area contributed by atoms with Gasteiger partial charge in [-0.05, 0) is 132 Å². The van der Waals surface area contributed by atoms with Crippen molar-refractivity contribution in [1.82, 2.24) is 0 Å². The molecule has 16 heteroatoms. The summed E-state index contributed by atoms with van der Waals surface area (Å²) in [6, 6.07) is 18.4. The number of aryl methyl sites for hydroxylation is 4. The van der Waals surface area contributed by atoms with Crippen molar-refractivity contribution in [1.29, 1.82) is 0 Å². The summed E-state index contributed by atoms with van der Waals surface area (Å²) in [5.74, 6) is -0.713. The molecule has 8 bridgehead atoms. The van der Waals surface area contributed by atoms with Gasteiger partial charge in [-0.1, -0.05) is 166 Å². The Morgan fingerprint density at radius 3 is 0.704 bits per heavy atom. The largest absolute Gasteiger partial charge is 0.493 e. The lowest BCUT2D eigenvalue weighted by molar-refractivity contribution is -0.140. The zero-order chi connectivity index (χ0) is 70.5. The number of benzene rings is 4. The molecule has 98 heavy (non-hydrogen) atoms. The summed E-state index contributed by atoms with van der Waals surface area (Å²) < 4.78 is 60.6. The highest BCUT2D eigenvalue weighted by molar-refractivity contribution is 5.92. The molecule has 0 amide bonds. The molecule has 5 rings (SSSR count). The Kier molecular flexibility index (Phi) is 39.2. The molecule has 0 spiro atoms. The second kappa shape index (κ2) is 47.7. The molecule has 0 atom stereocenters. The summed E-state index contributed by atoms with van der Waals surface area (Å²) in [6.07, 6.45) is 30.3. The van der Waals surface area contributed by atoms with E-state index < -0.39 is 35.8 Å². The van der Waals surface area contributed by atoms with Gasteiger partial charge in [0.1, 0.15) is 23.0 Å². The second-order valence-electron chi connectivity index (χ2n) is 25.0. The standard InChI is InChI=1S/C82H112O16/c1-9-17-21-25-33-61-49-65-57-69-53-63(35-27-23-19-11-3)55-71(81(69)97-47-31-43-93-77(87)39-37-75(85)89-15-7)59-67-51-62(34-26-22-18-10-2)52-68(80(67)96-46-30-42-92-74(84)14-6)60-72-56-64(36-28-24-20-12-4)54-70(58-66(50-61)79(65)95-45-29-41-91-73(83)13-5)82(72)98-48-32-44-94-78(88)40-38-76(86)90-16-8/h13-14,37-40,49-56H,5-6,9-12,15-36,41-48,57-60H2,1-4,7-8H3/b39-37-,40-38-. The number of rotatable bonds is 48. The molecule has 1 aliphatic rings. The minimum absolute atomic E-state index is 0.0369. The first-order valence-corrected chi connectivity index (χ1v) is 36.5. The van der Waals surface area contributed by atoms with E-state index in [0.717, 1.165) is 221 Å². The Balaban J connectivity index is 1.88. The molecule has 0 aromatic heterocycles. The van der Waals surface area contributed by atoms with Crippen LogP contribution in [0.3, 0.4) is 0 Å². The lowest BCUT2D eigenvalue weighted by Crippen LogP contribution is -2.14. The average molecular weight is 1350 g/mol. The SMILES string of the molecule is C=CC(=O)OCCCOc1c2cc(CCCCCC)cc1Cc1cc(CCCCCC)cc(c1OCCCOC(=O)/C=C\C(=O)OCC)Cc1cc(CCCCCC)cc(c1OCCCOC(=O)C=C)Cc1cc(CCCCCC)cc(c1OCCCOC(=O)/C=C\C(=O)OCC)C2. The maximum absolute atomic E-state index is 12.8. The van der Waals surface area contributed by atoms with Crippen LogP contribution in [0, 0.1) is 0 Å². The molecular weight excluding hydrogens is 1240 g/mol. The lowest BCUT2D eigenvalue weighted by Gasteiger charge is -2.25. The van der Waals surface area contributed by atoms with E-state index in [-0.39, 0.29) is 66.1 Å². The Morgan fingerprint density at radius 2 is 0.500 bits per heavy atom. The van der Waals surface area contributed by atoms with Crippen molar-refractivity contribution in [3.63, 3.8) is 0 Å². The predicted octanol–water partition coefficient (Wildman–Crippen LogP) is 16.7. The van der Waals surface area contributed by atoms with E-state index in [9.17, 15) is 28.8 Å². The van der Waals surface area contributed by atoms with Gasteiger partial charge in [-0.2, -0.15) is 0 Å². The third kappa shape index (κ3) is 30.3. The third-order valence-corrected chi connectivity index (χ3v) is 16.7. The van der Waals surface area contributed by atoms with Crippen LogP contribution in [-0.2, 0) is 109 Å². The number of unbranched alkanes of at least 4 members (excludes halogenated alkanes) is 12. The van der Waals surface area contributed by atoms with E-state index in [1.54, 1.807) is 13.8 Å². The van der Waals surface area contributed by atoms with Gasteiger partial charge in [0, 0.05) is 87.8 Å². The minimum atomic E-state index is -0.664. The average Bonchev–Trinajstić information content (AvgIpc) is 0.777. The van der Waals surface area contributed by atoms with E-state index in [2.05, 4.69) is 89.4 Å². The van der Waals surface area contributed by atoms with Crippen molar-refractivity contribution < 1.29 is 76.1 Å². The van der Waals surface area contributed by atoms with Crippen LogP contribution in [0.2, 0.25) is 0 Å². The molecular formula is C82H112O16. The molecule has 0 aliphatic heterocycles. The fraction of sp³-hybridized carbons (Fsp3) is 0.537. The maximum atomic E-state index is 12.8. The fourth-order valence-corrected chi connectivity index (χ4v) is 12.0. The Hall–Kier alpha value is -8.14. The van der Waals surface area contributed by atoms with E-state index in [1.807, 2.05) is 0 Å². The molecule has 0 saturated heterocycles. The van der Waals surface area contributed by atoms with Crippen LogP contribution >= 0.6 is 0 Å². The molecule has 4 aromatic carbocycles. The van der Waals surface area contributed by atoms with Gasteiger partial charge in [-0.15, -0.1) is 0 Å². The van der Waals surface area contributed by atoms with E-state index in [1.165, 1.54) is 22.3 Å². The van der Waals surface area contributed by atoms with Gasteiger partial charge in [-0.25, -0.2) is 28.8 Å². The van der Waals surface area contributed by atoms with Gasteiger partial charge in [0.15, 0.2) is 0 Å². The van der Waals surface area contributed by atoms with Crippen LogP contribution < -0.4 is 18.9 Å². The zero-order valence-electron chi connectivity index (χ0n) is 59.9. The van der Waals surface area contributed by atoms with Crippen molar-refractivity contribution in [2.24, 2.45) is 0 Å². The summed E-state index contributed by atoms with van der Waals surface area (Å²) in [5, 5.41) is 0. The summed E-state index contributed by atoms with van der Waals surface area (Å²) in [7, 11) is 0. The molecule has 536 valence electrons. The van der Waals surface area contributed by atoms with E-state index in [0.29, 0.717) is 62.9 Å². The van der Waals surface area contributed by atoms with Crippen LogP contribution in [0.15, 0.2) is 98.1 Å². The molecule has 0 unspecified atom stereocenters. The first kappa shape index (κ1) is 80.5. The number of esters is 6.